The van der Waals surface area contributed by atoms with Crippen molar-refractivity contribution < 1.29 is 0 Å². The van der Waals surface area contributed by atoms with E-state index in [0.717, 1.165) is 33.9 Å². The third kappa shape index (κ3) is 4.49. The van der Waals surface area contributed by atoms with Crippen LogP contribution in [0.2, 0.25) is 5.02 Å². The minimum Gasteiger partial charge on any atom is -0.311 e. The molecule has 0 aliphatic rings. The second-order valence-corrected chi connectivity index (χ2v) is 7.12. The van der Waals surface area contributed by atoms with Gasteiger partial charge in [0.1, 0.15) is 0 Å². The van der Waals surface area contributed by atoms with Crippen molar-refractivity contribution in [3.63, 3.8) is 0 Å². The van der Waals surface area contributed by atoms with Gasteiger partial charge in [0.25, 0.3) is 0 Å². The molecule has 21 heavy (non-hydrogen) atoms. The molecule has 0 saturated heterocycles. The van der Waals surface area contributed by atoms with Gasteiger partial charge in [-0.2, -0.15) is 5.10 Å². The topological polar surface area (TPSA) is 29.9 Å². The highest BCUT2D eigenvalue weighted by atomic mass is 79.9. The van der Waals surface area contributed by atoms with Gasteiger partial charge in [-0.25, -0.2) is 0 Å². The van der Waals surface area contributed by atoms with Crippen molar-refractivity contribution in [2.45, 2.75) is 30.8 Å². The Labute approximate surface area is 143 Å². The van der Waals surface area contributed by atoms with Gasteiger partial charge in [-0.15, -0.1) is 11.8 Å². The van der Waals surface area contributed by atoms with Crippen molar-refractivity contribution in [1.29, 1.82) is 0 Å². The lowest BCUT2D eigenvalue weighted by molar-refractivity contribution is 0.524. The minimum absolute atomic E-state index is 0.181. The Kier molecular flexibility index (Phi) is 6.61. The van der Waals surface area contributed by atoms with Gasteiger partial charge in [-0.05, 0) is 37.7 Å². The summed E-state index contributed by atoms with van der Waals surface area (Å²) in [5.41, 5.74) is 1.07. The van der Waals surface area contributed by atoms with E-state index in [1.165, 1.54) is 4.90 Å². The van der Waals surface area contributed by atoms with E-state index in [4.69, 9.17) is 11.6 Å². The van der Waals surface area contributed by atoms with Crippen molar-refractivity contribution in [2.24, 2.45) is 0 Å². The zero-order valence-electron chi connectivity index (χ0n) is 12.1. The van der Waals surface area contributed by atoms with Crippen molar-refractivity contribution in [1.82, 2.24) is 15.1 Å². The second kappa shape index (κ2) is 8.22. The SMILES string of the molecule is CCCn1ncc(Cl)c1C(CSc1ccc(Br)cc1)NC. The number of aryl methyl sites for hydroxylation is 1. The minimum atomic E-state index is 0.181. The molecule has 0 bridgehead atoms. The average molecular weight is 389 g/mol. The van der Waals surface area contributed by atoms with Crippen LogP contribution >= 0.6 is 39.3 Å². The molecule has 1 aromatic carbocycles. The fourth-order valence-corrected chi connectivity index (χ4v) is 3.67. The number of nitrogens with one attached hydrogen (secondary N) is 1. The van der Waals surface area contributed by atoms with Gasteiger partial charge in [0, 0.05) is 21.7 Å². The number of nitrogens with zero attached hydrogens (tertiary/aromatic N) is 2. The summed E-state index contributed by atoms with van der Waals surface area (Å²) >= 11 is 11.6. The number of hydrogen-bond acceptors (Lipinski definition) is 3. The Morgan fingerprint density at radius 1 is 1.38 bits per heavy atom. The number of rotatable bonds is 7. The van der Waals surface area contributed by atoms with Gasteiger partial charge in [-0.3, -0.25) is 4.68 Å². The molecule has 0 aliphatic heterocycles. The lowest BCUT2D eigenvalue weighted by Crippen LogP contribution is -2.23. The van der Waals surface area contributed by atoms with E-state index < -0.39 is 0 Å². The molecule has 2 rings (SSSR count). The van der Waals surface area contributed by atoms with Gasteiger partial charge in [0.05, 0.1) is 23.0 Å². The summed E-state index contributed by atoms with van der Waals surface area (Å²) in [6, 6.07) is 8.54. The summed E-state index contributed by atoms with van der Waals surface area (Å²) in [7, 11) is 1.96. The first-order valence-corrected chi connectivity index (χ1v) is 9.08. The van der Waals surface area contributed by atoms with E-state index in [-0.39, 0.29) is 6.04 Å². The molecule has 6 heteroatoms. The van der Waals surface area contributed by atoms with E-state index in [0.29, 0.717) is 0 Å². The van der Waals surface area contributed by atoms with E-state index in [1.807, 2.05) is 23.5 Å². The molecule has 114 valence electrons. The predicted molar refractivity (Wildman–Crippen MR) is 94.2 cm³/mol. The first-order chi connectivity index (χ1) is 10.2. The molecule has 0 spiro atoms. The average Bonchev–Trinajstić information content (AvgIpc) is 2.84. The molecule has 1 unspecified atom stereocenters. The van der Waals surface area contributed by atoms with Crippen LogP contribution in [0.25, 0.3) is 0 Å². The van der Waals surface area contributed by atoms with Gasteiger partial charge < -0.3 is 5.32 Å². The molecule has 0 radical (unpaired) electrons. The highest BCUT2D eigenvalue weighted by Crippen LogP contribution is 2.29. The van der Waals surface area contributed by atoms with Crippen LogP contribution in [0.15, 0.2) is 39.8 Å². The van der Waals surface area contributed by atoms with Gasteiger partial charge in [0.2, 0.25) is 0 Å². The third-order valence-corrected chi connectivity index (χ3v) is 5.10. The predicted octanol–water partition coefficient (Wildman–Crippen LogP) is 4.76. The first kappa shape index (κ1) is 16.9. The maximum Gasteiger partial charge on any atom is 0.0834 e. The maximum atomic E-state index is 6.32. The summed E-state index contributed by atoms with van der Waals surface area (Å²) in [5.74, 6) is 0.910. The van der Waals surface area contributed by atoms with Crippen LogP contribution in [0, 0.1) is 0 Å². The van der Waals surface area contributed by atoms with Gasteiger partial charge in [0.15, 0.2) is 0 Å². The fraction of sp³-hybridized carbons (Fsp3) is 0.400. The number of benzene rings is 1. The zero-order valence-corrected chi connectivity index (χ0v) is 15.3. The Morgan fingerprint density at radius 2 is 2.10 bits per heavy atom. The largest absolute Gasteiger partial charge is 0.311 e. The quantitative estimate of drug-likeness (QED) is 0.693. The Hall–Kier alpha value is -0.490. The lowest BCUT2D eigenvalue weighted by atomic mass is 10.2. The van der Waals surface area contributed by atoms with Crippen LogP contribution in [0.3, 0.4) is 0 Å². The van der Waals surface area contributed by atoms with Crippen LogP contribution < -0.4 is 5.32 Å². The van der Waals surface area contributed by atoms with Crippen LogP contribution in [0.1, 0.15) is 25.1 Å². The Bertz CT molecular complexity index is 571. The maximum absolute atomic E-state index is 6.32. The van der Waals surface area contributed by atoms with Gasteiger partial charge >= 0.3 is 0 Å². The van der Waals surface area contributed by atoms with Crippen molar-refractivity contribution in [2.75, 3.05) is 12.8 Å². The number of hydrogen-bond donors (Lipinski definition) is 1. The highest BCUT2D eigenvalue weighted by molar-refractivity contribution is 9.10. The monoisotopic (exact) mass is 387 g/mol. The third-order valence-electron chi connectivity index (χ3n) is 3.18. The second-order valence-electron chi connectivity index (χ2n) is 4.71. The number of aromatic nitrogens is 2. The van der Waals surface area contributed by atoms with Crippen LogP contribution in [0.4, 0.5) is 0 Å². The molecule has 1 N–H and O–H groups in total. The molecular weight excluding hydrogens is 370 g/mol. The molecule has 0 aliphatic carbocycles. The van der Waals surface area contributed by atoms with Crippen LogP contribution in [-0.4, -0.2) is 22.6 Å². The van der Waals surface area contributed by atoms with Crippen molar-refractivity contribution in [3.8, 4) is 0 Å². The standard InChI is InChI=1S/C15H19BrClN3S/c1-3-8-20-15(13(17)9-19-20)14(18-2)10-21-12-6-4-11(16)5-7-12/h4-7,9,14,18H,3,8,10H2,1-2H3. The Balaban J connectivity index is 2.09. The van der Waals surface area contributed by atoms with E-state index in [2.05, 4.69) is 57.5 Å². The summed E-state index contributed by atoms with van der Waals surface area (Å²) in [6.07, 6.45) is 2.78. The molecule has 1 aromatic heterocycles. The Morgan fingerprint density at radius 3 is 2.71 bits per heavy atom. The normalized spacial score (nSPS) is 12.6. The molecule has 0 saturated carbocycles. The summed E-state index contributed by atoms with van der Waals surface area (Å²) in [4.78, 5) is 1.25. The smallest absolute Gasteiger partial charge is 0.0834 e. The number of halogens is 2. The molecule has 0 fully saturated rings. The van der Waals surface area contributed by atoms with E-state index >= 15 is 0 Å². The summed E-state index contributed by atoms with van der Waals surface area (Å²) in [6.45, 7) is 3.04. The fourth-order valence-electron chi connectivity index (χ4n) is 2.12. The van der Waals surface area contributed by atoms with Crippen molar-refractivity contribution >= 4 is 39.3 Å². The molecular formula is C15H19BrClN3S. The van der Waals surface area contributed by atoms with Crippen molar-refractivity contribution in [3.05, 3.63) is 45.7 Å². The summed E-state index contributed by atoms with van der Waals surface area (Å²) < 4.78 is 3.10. The molecule has 2 aromatic rings. The van der Waals surface area contributed by atoms with Gasteiger partial charge in [-0.1, -0.05) is 34.5 Å². The zero-order chi connectivity index (χ0) is 15.2. The molecule has 0 amide bonds. The van der Waals surface area contributed by atoms with E-state index in [1.54, 1.807) is 6.20 Å². The lowest BCUT2D eigenvalue weighted by Gasteiger charge is -2.18. The highest BCUT2D eigenvalue weighted by Gasteiger charge is 2.19. The number of thioether (sulfide) groups is 1. The summed E-state index contributed by atoms with van der Waals surface area (Å²) in [5, 5.41) is 8.46. The molecule has 3 nitrogen and oxygen atoms in total. The molecule has 1 atom stereocenters. The molecule has 1 heterocycles. The van der Waals surface area contributed by atoms with Crippen LogP contribution in [-0.2, 0) is 6.54 Å². The van der Waals surface area contributed by atoms with E-state index in [9.17, 15) is 0 Å². The van der Waals surface area contributed by atoms with Crippen LogP contribution in [0.5, 0.6) is 0 Å². The first-order valence-electron chi connectivity index (χ1n) is 6.92.